The molecule has 0 unspecified atom stereocenters. The van der Waals surface area contributed by atoms with Crippen molar-refractivity contribution in [1.82, 2.24) is 25.9 Å². The van der Waals surface area contributed by atoms with Gasteiger partial charge >= 0.3 is 6.36 Å². The average Bonchev–Trinajstić information content (AvgIpc) is 3.41. The zero-order valence-corrected chi connectivity index (χ0v) is 19.8. The Hall–Kier alpha value is -3.48. The van der Waals surface area contributed by atoms with Gasteiger partial charge in [0, 0.05) is 24.0 Å². The second kappa shape index (κ2) is 11.5. The molecule has 1 aliphatic heterocycles. The largest absolute Gasteiger partial charge is 0.522 e. The number of fused-ring (bicyclic) bond motifs is 1. The molecule has 1 fully saturated rings. The minimum atomic E-state index is -5.03. The molecule has 0 aromatic carbocycles. The fraction of sp³-hybridized carbons (Fsp3) is 0.522. The number of pyridine rings is 1. The van der Waals surface area contributed by atoms with Gasteiger partial charge in [-0.2, -0.15) is 0 Å². The van der Waals surface area contributed by atoms with Crippen LogP contribution in [0.2, 0.25) is 0 Å². The summed E-state index contributed by atoms with van der Waals surface area (Å²) < 4.78 is 41.1. The van der Waals surface area contributed by atoms with Crippen LogP contribution in [0, 0.1) is 11.8 Å². The highest BCUT2D eigenvalue weighted by molar-refractivity contribution is 6.00. The maximum absolute atomic E-state index is 13.1. The molecule has 4 N–H and O–H groups in total. The Kier molecular flexibility index (Phi) is 8.66. The van der Waals surface area contributed by atoms with Gasteiger partial charge in [0.05, 0.1) is 6.04 Å². The molecule has 3 rings (SSSR count). The zero-order valence-electron chi connectivity index (χ0n) is 19.8. The SMILES string of the molecule is CC(C)C[C@H](NC(=O)c1cc2cccnc2[nH]1)C(=O)N[C@@H](C[C@@H]1CCNC1=O)C(=O)COC(F)(F)F. The van der Waals surface area contributed by atoms with Gasteiger partial charge in [0.2, 0.25) is 11.8 Å². The number of aromatic nitrogens is 2. The van der Waals surface area contributed by atoms with Crippen molar-refractivity contribution >= 4 is 34.5 Å². The standard InChI is InChI=1S/C23H28F3N5O5/c1-12(2)8-16(31-22(35)17-9-13-4-3-6-27-19(13)29-17)21(34)30-15(10-14-5-7-28-20(14)33)18(32)11-36-23(24,25)26/h3-4,6,9,12,14-16H,5,7-8,10-11H2,1-2H3,(H,27,29)(H,28,33)(H,30,34)(H,31,35)/t14-,15-,16-/m0/s1. The minimum absolute atomic E-state index is 0.0474. The molecule has 0 saturated carbocycles. The Bertz CT molecular complexity index is 1080. The molecule has 0 aliphatic carbocycles. The van der Waals surface area contributed by atoms with Gasteiger partial charge < -0.3 is 20.9 Å². The normalized spacial score (nSPS) is 17.6. The Morgan fingerprint density at radius 3 is 2.58 bits per heavy atom. The number of H-pyrrole nitrogens is 1. The number of halogens is 3. The van der Waals surface area contributed by atoms with Crippen LogP contribution in [0.15, 0.2) is 24.4 Å². The number of rotatable bonds is 11. The van der Waals surface area contributed by atoms with E-state index >= 15 is 0 Å². The number of carbonyl (C=O) groups excluding carboxylic acids is 4. The maximum Gasteiger partial charge on any atom is 0.522 e. The van der Waals surface area contributed by atoms with Gasteiger partial charge in [-0.1, -0.05) is 13.8 Å². The summed E-state index contributed by atoms with van der Waals surface area (Å²) in [6, 6.07) is 2.54. The van der Waals surface area contributed by atoms with Crippen molar-refractivity contribution < 1.29 is 37.1 Å². The lowest BCUT2D eigenvalue weighted by Crippen LogP contribution is -2.53. The second-order valence-electron chi connectivity index (χ2n) is 9.05. The summed E-state index contributed by atoms with van der Waals surface area (Å²) in [7, 11) is 0. The van der Waals surface area contributed by atoms with Crippen LogP contribution in [0.1, 0.15) is 43.6 Å². The summed E-state index contributed by atoms with van der Waals surface area (Å²) in [4.78, 5) is 57.5. The Balaban J connectivity index is 1.74. The molecule has 196 valence electrons. The minimum Gasteiger partial charge on any atom is -0.356 e. The molecule has 1 saturated heterocycles. The monoisotopic (exact) mass is 511 g/mol. The van der Waals surface area contributed by atoms with Crippen molar-refractivity contribution in [2.24, 2.45) is 11.8 Å². The molecular weight excluding hydrogens is 483 g/mol. The van der Waals surface area contributed by atoms with Crippen molar-refractivity contribution in [3.05, 3.63) is 30.1 Å². The van der Waals surface area contributed by atoms with E-state index in [0.29, 0.717) is 24.0 Å². The first kappa shape index (κ1) is 27.1. The highest BCUT2D eigenvalue weighted by atomic mass is 19.4. The number of Topliss-reactive ketones (excluding diaryl/α,β-unsaturated/α-hetero) is 1. The van der Waals surface area contributed by atoms with Crippen LogP contribution in [0.3, 0.4) is 0 Å². The van der Waals surface area contributed by atoms with Crippen molar-refractivity contribution in [2.45, 2.75) is 51.6 Å². The summed E-state index contributed by atoms with van der Waals surface area (Å²) in [5, 5.41) is 8.33. The number of aromatic amines is 1. The molecule has 13 heteroatoms. The van der Waals surface area contributed by atoms with Gasteiger partial charge in [-0.3, -0.25) is 23.9 Å². The van der Waals surface area contributed by atoms with Crippen molar-refractivity contribution in [3.8, 4) is 0 Å². The third-order valence-electron chi connectivity index (χ3n) is 5.73. The smallest absolute Gasteiger partial charge is 0.356 e. The molecule has 10 nitrogen and oxygen atoms in total. The van der Waals surface area contributed by atoms with Crippen LogP contribution >= 0.6 is 0 Å². The number of hydrogen-bond acceptors (Lipinski definition) is 6. The van der Waals surface area contributed by atoms with Gasteiger partial charge in [-0.15, -0.1) is 13.2 Å². The summed E-state index contributed by atoms with van der Waals surface area (Å²) in [5.41, 5.74) is 0.650. The average molecular weight is 512 g/mol. The lowest BCUT2D eigenvalue weighted by molar-refractivity contribution is -0.321. The molecule has 0 radical (unpaired) electrons. The fourth-order valence-electron chi connectivity index (χ4n) is 3.97. The summed E-state index contributed by atoms with van der Waals surface area (Å²) in [6.45, 7) is 2.69. The molecule has 2 aromatic rings. The van der Waals surface area contributed by atoms with Gasteiger partial charge in [0.25, 0.3) is 5.91 Å². The number of amides is 3. The highest BCUT2D eigenvalue weighted by Crippen LogP contribution is 2.20. The Morgan fingerprint density at radius 2 is 1.97 bits per heavy atom. The lowest BCUT2D eigenvalue weighted by atomic mass is 9.95. The molecule has 0 bridgehead atoms. The van der Waals surface area contributed by atoms with Crippen LogP contribution in [0.5, 0.6) is 0 Å². The number of hydrogen-bond donors (Lipinski definition) is 4. The van der Waals surface area contributed by atoms with Gasteiger partial charge in [0.1, 0.15) is 24.0 Å². The molecular formula is C23H28F3N5O5. The van der Waals surface area contributed by atoms with Crippen molar-refractivity contribution in [3.63, 3.8) is 0 Å². The van der Waals surface area contributed by atoms with Gasteiger partial charge in [0.15, 0.2) is 5.78 Å². The van der Waals surface area contributed by atoms with E-state index in [0.717, 1.165) is 0 Å². The maximum atomic E-state index is 13.1. The Labute approximate surface area is 204 Å². The second-order valence-corrected chi connectivity index (χ2v) is 9.05. The van der Waals surface area contributed by atoms with Gasteiger partial charge in [-0.05, 0) is 43.4 Å². The van der Waals surface area contributed by atoms with E-state index in [1.165, 1.54) is 0 Å². The van der Waals surface area contributed by atoms with Crippen molar-refractivity contribution in [2.75, 3.05) is 13.2 Å². The van der Waals surface area contributed by atoms with E-state index < -0.39 is 48.6 Å². The molecule has 3 atom stereocenters. The van der Waals surface area contributed by atoms with E-state index in [-0.39, 0.29) is 30.4 Å². The van der Waals surface area contributed by atoms with Crippen LogP contribution in [-0.2, 0) is 19.1 Å². The van der Waals surface area contributed by atoms with Crippen LogP contribution in [-0.4, -0.2) is 65.1 Å². The van der Waals surface area contributed by atoms with Crippen LogP contribution < -0.4 is 16.0 Å². The molecule has 36 heavy (non-hydrogen) atoms. The fourth-order valence-corrected chi connectivity index (χ4v) is 3.97. The first-order valence-electron chi connectivity index (χ1n) is 11.5. The number of nitrogens with one attached hydrogen (secondary N) is 4. The predicted octanol–water partition coefficient (Wildman–Crippen LogP) is 1.82. The third-order valence-corrected chi connectivity index (χ3v) is 5.73. The van der Waals surface area contributed by atoms with E-state index in [9.17, 15) is 32.3 Å². The van der Waals surface area contributed by atoms with Gasteiger partial charge in [-0.25, -0.2) is 4.98 Å². The summed E-state index contributed by atoms with van der Waals surface area (Å²) in [5.74, 6) is -3.42. The Morgan fingerprint density at radius 1 is 1.22 bits per heavy atom. The number of ketones is 1. The first-order chi connectivity index (χ1) is 16.9. The third kappa shape index (κ3) is 7.51. The van der Waals surface area contributed by atoms with E-state index in [2.05, 4.69) is 30.7 Å². The molecule has 0 spiro atoms. The van der Waals surface area contributed by atoms with E-state index in [1.807, 2.05) is 13.8 Å². The number of alkyl halides is 3. The molecule has 3 amide bonds. The van der Waals surface area contributed by atoms with E-state index in [1.54, 1.807) is 24.4 Å². The quantitative estimate of drug-likeness (QED) is 0.363. The topological polar surface area (TPSA) is 142 Å². The summed E-state index contributed by atoms with van der Waals surface area (Å²) >= 11 is 0. The van der Waals surface area contributed by atoms with E-state index in [4.69, 9.17) is 0 Å². The summed E-state index contributed by atoms with van der Waals surface area (Å²) in [6.07, 6.45) is -3.09. The molecule has 3 heterocycles. The number of ether oxygens (including phenoxy) is 1. The van der Waals surface area contributed by atoms with Crippen molar-refractivity contribution in [1.29, 1.82) is 0 Å². The number of nitrogens with zero attached hydrogens (tertiary/aromatic N) is 1. The first-order valence-corrected chi connectivity index (χ1v) is 11.5. The molecule has 1 aliphatic rings. The highest BCUT2D eigenvalue weighted by Gasteiger charge is 2.36. The number of carbonyl (C=O) groups is 4. The molecule has 2 aromatic heterocycles. The van der Waals surface area contributed by atoms with Crippen LogP contribution in [0.4, 0.5) is 13.2 Å². The zero-order chi connectivity index (χ0) is 26.5. The predicted molar refractivity (Wildman–Crippen MR) is 121 cm³/mol. The lowest BCUT2D eigenvalue weighted by Gasteiger charge is -2.25. The van der Waals surface area contributed by atoms with Crippen LogP contribution in [0.25, 0.3) is 11.0 Å².